The van der Waals surface area contributed by atoms with Crippen molar-refractivity contribution < 1.29 is 4.79 Å². The third-order valence-electron chi connectivity index (χ3n) is 2.71. The van der Waals surface area contributed by atoms with Gasteiger partial charge in [-0.25, -0.2) is 0 Å². The maximum Gasteiger partial charge on any atom is 0.224 e. The SMILES string of the molecule is CCC(C)CC(=O)Nc1cccc(C#CCN)c1. The van der Waals surface area contributed by atoms with Crippen molar-refractivity contribution in [1.82, 2.24) is 0 Å². The standard InChI is InChI=1S/C15H20N2O/c1-3-12(2)10-15(18)17-14-8-4-6-13(11-14)7-5-9-16/h4,6,8,11-12H,3,9-10,16H2,1-2H3,(H,17,18). The fourth-order valence-corrected chi connectivity index (χ4v) is 1.50. The van der Waals surface area contributed by atoms with Crippen molar-refractivity contribution >= 4 is 11.6 Å². The van der Waals surface area contributed by atoms with Crippen LogP contribution in [0.5, 0.6) is 0 Å². The molecule has 0 saturated heterocycles. The zero-order valence-electron chi connectivity index (χ0n) is 11.0. The van der Waals surface area contributed by atoms with E-state index in [4.69, 9.17) is 5.73 Å². The molecule has 0 aliphatic heterocycles. The van der Waals surface area contributed by atoms with Crippen molar-refractivity contribution in [3.8, 4) is 11.8 Å². The Morgan fingerprint density at radius 1 is 1.50 bits per heavy atom. The van der Waals surface area contributed by atoms with E-state index in [-0.39, 0.29) is 5.91 Å². The quantitative estimate of drug-likeness (QED) is 0.799. The first kappa shape index (κ1) is 14.3. The van der Waals surface area contributed by atoms with E-state index in [0.29, 0.717) is 18.9 Å². The predicted molar refractivity (Wildman–Crippen MR) is 75.1 cm³/mol. The Morgan fingerprint density at radius 2 is 2.28 bits per heavy atom. The fourth-order valence-electron chi connectivity index (χ4n) is 1.50. The van der Waals surface area contributed by atoms with Gasteiger partial charge in [-0.2, -0.15) is 0 Å². The molecule has 3 heteroatoms. The van der Waals surface area contributed by atoms with Crippen molar-refractivity contribution in [2.45, 2.75) is 26.7 Å². The first-order chi connectivity index (χ1) is 8.65. The molecule has 1 aromatic rings. The van der Waals surface area contributed by atoms with Crippen LogP contribution in [0, 0.1) is 17.8 Å². The van der Waals surface area contributed by atoms with E-state index in [1.54, 1.807) is 0 Å². The first-order valence-electron chi connectivity index (χ1n) is 6.24. The van der Waals surface area contributed by atoms with Crippen LogP contribution in [0.2, 0.25) is 0 Å². The summed E-state index contributed by atoms with van der Waals surface area (Å²) < 4.78 is 0. The third-order valence-corrected chi connectivity index (χ3v) is 2.71. The van der Waals surface area contributed by atoms with Gasteiger partial charge in [-0.1, -0.05) is 38.2 Å². The second-order valence-corrected chi connectivity index (χ2v) is 4.35. The van der Waals surface area contributed by atoms with Crippen molar-refractivity contribution in [3.05, 3.63) is 29.8 Å². The van der Waals surface area contributed by atoms with E-state index >= 15 is 0 Å². The number of hydrogen-bond acceptors (Lipinski definition) is 2. The highest BCUT2D eigenvalue weighted by Crippen LogP contribution is 2.12. The van der Waals surface area contributed by atoms with Crippen molar-refractivity contribution in [2.24, 2.45) is 11.7 Å². The summed E-state index contributed by atoms with van der Waals surface area (Å²) in [7, 11) is 0. The van der Waals surface area contributed by atoms with Crippen LogP contribution in [0.1, 0.15) is 32.3 Å². The maximum atomic E-state index is 11.7. The van der Waals surface area contributed by atoms with E-state index in [1.165, 1.54) is 0 Å². The van der Waals surface area contributed by atoms with E-state index in [2.05, 4.69) is 31.0 Å². The molecule has 0 bridgehead atoms. The minimum atomic E-state index is 0.0493. The molecule has 0 aliphatic rings. The molecule has 0 aromatic heterocycles. The minimum absolute atomic E-state index is 0.0493. The second kappa shape index (κ2) is 7.52. The molecule has 0 saturated carbocycles. The molecule has 0 aliphatic carbocycles. The summed E-state index contributed by atoms with van der Waals surface area (Å²) in [6.45, 7) is 4.49. The lowest BCUT2D eigenvalue weighted by Gasteiger charge is -2.09. The summed E-state index contributed by atoms with van der Waals surface area (Å²) in [5.41, 5.74) is 6.97. The molecule has 1 atom stereocenters. The average Bonchev–Trinajstić information content (AvgIpc) is 2.36. The van der Waals surface area contributed by atoms with Gasteiger partial charge in [0.15, 0.2) is 0 Å². The van der Waals surface area contributed by atoms with Crippen LogP contribution in [0.3, 0.4) is 0 Å². The molecule has 1 unspecified atom stereocenters. The van der Waals surface area contributed by atoms with E-state index in [9.17, 15) is 4.79 Å². The number of nitrogens with two attached hydrogens (primary N) is 1. The molecule has 18 heavy (non-hydrogen) atoms. The number of benzene rings is 1. The number of carbonyl (C=O) groups excluding carboxylic acids is 1. The van der Waals surface area contributed by atoms with Crippen LogP contribution in [-0.4, -0.2) is 12.5 Å². The van der Waals surface area contributed by atoms with Crippen LogP contribution in [0.4, 0.5) is 5.69 Å². The van der Waals surface area contributed by atoms with Crippen LogP contribution in [-0.2, 0) is 4.79 Å². The molecule has 0 fully saturated rings. The van der Waals surface area contributed by atoms with Crippen LogP contribution >= 0.6 is 0 Å². The maximum absolute atomic E-state index is 11.7. The summed E-state index contributed by atoms with van der Waals surface area (Å²) in [6.07, 6.45) is 1.56. The highest BCUT2D eigenvalue weighted by atomic mass is 16.1. The van der Waals surface area contributed by atoms with Crippen LogP contribution in [0.25, 0.3) is 0 Å². The Balaban J connectivity index is 2.64. The minimum Gasteiger partial charge on any atom is -0.326 e. The Hall–Kier alpha value is -1.79. The molecule has 0 radical (unpaired) electrons. The second-order valence-electron chi connectivity index (χ2n) is 4.35. The lowest BCUT2D eigenvalue weighted by molar-refractivity contribution is -0.117. The number of nitrogens with one attached hydrogen (secondary N) is 1. The smallest absolute Gasteiger partial charge is 0.224 e. The van der Waals surface area contributed by atoms with Gasteiger partial charge in [0.1, 0.15) is 0 Å². The van der Waals surface area contributed by atoms with Crippen molar-refractivity contribution in [1.29, 1.82) is 0 Å². The third kappa shape index (κ3) is 5.03. The van der Waals surface area contributed by atoms with Crippen LogP contribution in [0.15, 0.2) is 24.3 Å². The summed E-state index contributed by atoms with van der Waals surface area (Å²) in [5, 5.41) is 2.89. The lowest BCUT2D eigenvalue weighted by Crippen LogP contribution is -2.14. The van der Waals surface area contributed by atoms with Crippen molar-refractivity contribution in [3.63, 3.8) is 0 Å². The molecule has 0 heterocycles. The molecule has 1 amide bonds. The first-order valence-corrected chi connectivity index (χ1v) is 6.24. The van der Waals surface area contributed by atoms with Gasteiger partial charge in [-0.05, 0) is 24.1 Å². The van der Waals surface area contributed by atoms with Crippen LogP contribution < -0.4 is 11.1 Å². The zero-order valence-corrected chi connectivity index (χ0v) is 11.0. The Labute approximate surface area is 109 Å². The normalized spacial score (nSPS) is 11.3. The van der Waals surface area contributed by atoms with Gasteiger partial charge in [0.05, 0.1) is 6.54 Å². The molecular weight excluding hydrogens is 224 g/mol. The van der Waals surface area contributed by atoms with E-state index in [0.717, 1.165) is 17.7 Å². The summed E-state index contributed by atoms with van der Waals surface area (Å²) >= 11 is 0. The van der Waals surface area contributed by atoms with Gasteiger partial charge in [-0.15, -0.1) is 0 Å². The Bertz CT molecular complexity index is 457. The van der Waals surface area contributed by atoms with E-state index < -0.39 is 0 Å². The predicted octanol–water partition coefficient (Wildman–Crippen LogP) is 2.37. The molecule has 96 valence electrons. The van der Waals surface area contributed by atoms with Gasteiger partial charge in [0, 0.05) is 17.7 Å². The van der Waals surface area contributed by atoms with Gasteiger partial charge in [0.25, 0.3) is 0 Å². The Morgan fingerprint density at radius 3 is 2.94 bits per heavy atom. The highest BCUT2D eigenvalue weighted by Gasteiger charge is 2.07. The monoisotopic (exact) mass is 244 g/mol. The van der Waals surface area contributed by atoms with Gasteiger partial charge >= 0.3 is 0 Å². The summed E-state index contributed by atoms with van der Waals surface area (Å²) in [6, 6.07) is 7.49. The van der Waals surface area contributed by atoms with Gasteiger partial charge < -0.3 is 11.1 Å². The molecular formula is C15H20N2O. The topological polar surface area (TPSA) is 55.1 Å². The molecule has 3 nitrogen and oxygen atoms in total. The lowest BCUT2D eigenvalue weighted by atomic mass is 10.0. The number of rotatable bonds is 4. The molecule has 1 rings (SSSR count). The molecule has 1 aromatic carbocycles. The van der Waals surface area contributed by atoms with Gasteiger partial charge in [-0.3, -0.25) is 4.79 Å². The molecule has 0 spiro atoms. The number of amides is 1. The largest absolute Gasteiger partial charge is 0.326 e. The van der Waals surface area contributed by atoms with Gasteiger partial charge in [0.2, 0.25) is 5.91 Å². The molecule has 3 N–H and O–H groups in total. The number of carbonyl (C=O) groups is 1. The van der Waals surface area contributed by atoms with E-state index in [1.807, 2.05) is 24.3 Å². The summed E-state index contributed by atoms with van der Waals surface area (Å²) in [5.74, 6) is 6.19. The highest BCUT2D eigenvalue weighted by molar-refractivity contribution is 5.91. The summed E-state index contributed by atoms with van der Waals surface area (Å²) in [4.78, 5) is 11.7. The number of anilines is 1. The Kier molecular flexibility index (Phi) is 5.96. The fraction of sp³-hybridized carbons (Fsp3) is 0.400. The zero-order chi connectivity index (χ0) is 13.4. The van der Waals surface area contributed by atoms with Crippen molar-refractivity contribution in [2.75, 3.05) is 11.9 Å². The average molecular weight is 244 g/mol. The number of hydrogen-bond donors (Lipinski definition) is 2.